The molecule has 1 saturated heterocycles. The van der Waals surface area contributed by atoms with Gasteiger partial charge in [0.2, 0.25) is 0 Å². The molecule has 1 aliphatic rings. The molecule has 1 amide bonds. The molecule has 0 saturated carbocycles. The zero-order chi connectivity index (χ0) is 19.8. The van der Waals surface area contributed by atoms with E-state index < -0.39 is 0 Å². The molecule has 2 aromatic rings. The highest BCUT2D eigenvalue weighted by Gasteiger charge is 2.15. The van der Waals surface area contributed by atoms with E-state index >= 15 is 0 Å². The largest absolute Gasteiger partial charge is 0.490 e. The number of likely N-dealkylation sites (tertiary alicyclic amines) is 1. The molecule has 28 heavy (non-hydrogen) atoms. The van der Waals surface area contributed by atoms with E-state index in [4.69, 9.17) is 9.47 Å². The number of thiazole rings is 1. The molecule has 6 nitrogen and oxygen atoms in total. The molecule has 1 N–H and O–H groups in total. The van der Waals surface area contributed by atoms with Gasteiger partial charge in [0.25, 0.3) is 5.91 Å². The minimum absolute atomic E-state index is 0.193. The number of nitrogens with zero attached hydrogens (tertiary/aromatic N) is 2. The van der Waals surface area contributed by atoms with Gasteiger partial charge in [0, 0.05) is 17.5 Å². The molecule has 0 atom stereocenters. The van der Waals surface area contributed by atoms with Crippen LogP contribution in [0, 0.1) is 0 Å². The number of piperidine rings is 1. The summed E-state index contributed by atoms with van der Waals surface area (Å²) in [4.78, 5) is 19.6. The second-order valence-corrected chi connectivity index (χ2v) is 7.74. The Kier molecular flexibility index (Phi) is 7.68. The number of anilines is 1. The molecule has 0 bridgehead atoms. The van der Waals surface area contributed by atoms with Gasteiger partial charge < -0.3 is 9.47 Å². The molecular formula is C21H29N3O3S. The van der Waals surface area contributed by atoms with Gasteiger partial charge in [0.1, 0.15) is 0 Å². The fourth-order valence-electron chi connectivity index (χ4n) is 3.20. The van der Waals surface area contributed by atoms with Crippen LogP contribution in [-0.2, 0) is 6.54 Å². The summed E-state index contributed by atoms with van der Waals surface area (Å²) in [6.07, 6.45) is 4.75. The van der Waals surface area contributed by atoms with E-state index in [-0.39, 0.29) is 5.91 Å². The highest BCUT2D eigenvalue weighted by Crippen LogP contribution is 2.29. The van der Waals surface area contributed by atoms with Crippen LogP contribution >= 0.6 is 11.3 Å². The van der Waals surface area contributed by atoms with Crippen molar-refractivity contribution in [1.29, 1.82) is 0 Å². The third-order valence-electron chi connectivity index (χ3n) is 4.57. The molecule has 3 rings (SSSR count). The maximum atomic E-state index is 12.6. The summed E-state index contributed by atoms with van der Waals surface area (Å²) in [5.74, 6) is 1.06. The van der Waals surface area contributed by atoms with Crippen LogP contribution in [0.5, 0.6) is 11.5 Å². The van der Waals surface area contributed by atoms with Crippen LogP contribution in [-0.4, -0.2) is 42.1 Å². The van der Waals surface area contributed by atoms with Crippen molar-refractivity contribution in [1.82, 2.24) is 9.88 Å². The molecule has 1 aromatic heterocycles. The maximum Gasteiger partial charge on any atom is 0.257 e. The van der Waals surface area contributed by atoms with Gasteiger partial charge in [-0.1, -0.05) is 13.3 Å². The molecule has 7 heteroatoms. The smallest absolute Gasteiger partial charge is 0.257 e. The highest BCUT2D eigenvalue weighted by atomic mass is 32.1. The molecule has 0 aliphatic carbocycles. The molecule has 1 aromatic carbocycles. The Labute approximate surface area is 170 Å². The number of hydrogen-bond acceptors (Lipinski definition) is 6. The number of carbonyl (C=O) groups excluding carboxylic acids is 1. The first-order chi connectivity index (χ1) is 13.7. The summed E-state index contributed by atoms with van der Waals surface area (Å²) in [5, 5.41) is 5.55. The zero-order valence-electron chi connectivity index (χ0n) is 16.7. The average Bonchev–Trinajstić information content (AvgIpc) is 3.14. The van der Waals surface area contributed by atoms with Crippen molar-refractivity contribution >= 4 is 22.4 Å². The average molecular weight is 404 g/mol. The van der Waals surface area contributed by atoms with Crippen LogP contribution in [0.4, 0.5) is 5.13 Å². The minimum atomic E-state index is -0.193. The van der Waals surface area contributed by atoms with Crippen molar-refractivity contribution in [2.24, 2.45) is 0 Å². The van der Waals surface area contributed by atoms with E-state index in [2.05, 4.69) is 22.1 Å². The number of rotatable bonds is 9. The second kappa shape index (κ2) is 10.4. The van der Waals surface area contributed by atoms with Gasteiger partial charge in [0.05, 0.1) is 18.9 Å². The Hall–Kier alpha value is -2.12. The normalized spacial score (nSPS) is 14.6. The van der Waals surface area contributed by atoms with Crippen LogP contribution in [0.1, 0.15) is 55.6 Å². The number of hydrogen-bond donors (Lipinski definition) is 1. The fraction of sp³-hybridized carbons (Fsp3) is 0.524. The van der Waals surface area contributed by atoms with E-state index in [1.807, 2.05) is 12.3 Å². The highest BCUT2D eigenvalue weighted by molar-refractivity contribution is 7.13. The lowest BCUT2D eigenvalue weighted by Gasteiger charge is -2.25. The predicted octanol–water partition coefficient (Wildman–Crippen LogP) is 4.57. The van der Waals surface area contributed by atoms with E-state index in [0.717, 1.165) is 31.7 Å². The molecule has 0 unspecified atom stereocenters. The standard InChI is InChI=1S/C21H29N3O3S/c1-3-12-27-18-9-8-16(13-19(18)26-4-2)20(25)23-21-22-17(15-28-21)14-24-10-6-5-7-11-24/h8-9,13,15H,3-7,10-12,14H2,1-2H3,(H,22,23,25). The van der Waals surface area contributed by atoms with Crippen LogP contribution in [0.2, 0.25) is 0 Å². The van der Waals surface area contributed by atoms with Crippen LogP contribution in [0.25, 0.3) is 0 Å². The number of amides is 1. The number of ether oxygens (including phenoxy) is 2. The van der Waals surface area contributed by atoms with Gasteiger partial charge in [-0.2, -0.15) is 0 Å². The topological polar surface area (TPSA) is 63.7 Å². The molecular weight excluding hydrogens is 374 g/mol. The van der Waals surface area contributed by atoms with E-state index in [0.29, 0.717) is 35.4 Å². The molecule has 1 aliphatic heterocycles. The first kappa shape index (κ1) is 20.6. The van der Waals surface area contributed by atoms with Gasteiger partial charge in [-0.3, -0.25) is 15.0 Å². The number of aromatic nitrogens is 1. The van der Waals surface area contributed by atoms with Gasteiger partial charge in [-0.25, -0.2) is 4.98 Å². The third kappa shape index (κ3) is 5.69. The first-order valence-electron chi connectivity index (χ1n) is 10.1. The van der Waals surface area contributed by atoms with Crippen molar-refractivity contribution in [3.8, 4) is 11.5 Å². The van der Waals surface area contributed by atoms with Crippen molar-refractivity contribution in [3.63, 3.8) is 0 Å². The van der Waals surface area contributed by atoms with Crippen LogP contribution < -0.4 is 14.8 Å². The van der Waals surface area contributed by atoms with E-state index in [1.165, 1.54) is 30.6 Å². The van der Waals surface area contributed by atoms with Gasteiger partial charge >= 0.3 is 0 Å². The lowest BCUT2D eigenvalue weighted by Crippen LogP contribution is -2.29. The summed E-state index contributed by atoms with van der Waals surface area (Å²) in [7, 11) is 0. The Morgan fingerprint density at radius 1 is 1.18 bits per heavy atom. The summed E-state index contributed by atoms with van der Waals surface area (Å²) < 4.78 is 11.3. The molecule has 152 valence electrons. The Morgan fingerprint density at radius 3 is 2.75 bits per heavy atom. The fourth-order valence-corrected chi connectivity index (χ4v) is 3.90. The zero-order valence-corrected chi connectivity index (χ0v) is 17.5. The van der Waals surface area contributed by atoms with Crippen molar-refractivity contribution in [2.45, 2.75) is 46.1 Å². The molecule has 2 heterocycles. The van der Waals surface area contributed by atoms with E-state index in [9.17, 15) is 4.79 Å². The van der Waals surface area contributed by atoms with Gasteiger partial charge in [-0.05, 0) is 57.5 Å². The monoisotopic (exact) mass is 403 g/mol. The Bertz CT molecular complexity index is 772. The summed E-state index contributed by atoms with van der Waals surface area (Å²) in [6, 6.07) is 5.27. The van der Waals surface area contributed by atoms with Crippen molar-refractivity contribution in [2.75, 3.05) is 31.6 Å². The minimum Gasteiger partial charge on any atom is -0.490 e. The van der Waals surface area contributed by atoms with Crippen LogP contribution in [0.3, 0.4) is 0 Å². The summed E-state index contributed by atoms with van der Waals surface area (Å²) in [5.41, 5.74) is 1.54. The maximum absolute atomic E-state index is 12.6. The quantitative estimate of drug-likeness (QED) is 0.664. The number of nitrogens with one attached hydrogen (secondary N) is 1. The SMILES string of the molecule is CCCOc1ccc(C(=O)Nc2nc(CN3CCCCC3)cs2)cc1OCC. The van der Waals surface area contributed by atoms with Crippen molar-refractivity contribution < 1.29 is 14.3 Å². The summed E-state index contributed by atoms with van der Waals surface area (Å²) in [6.45, 7) is 8.21. The lowest BCUT2D eigenvalue weighted by atomic mass is 10.1. The number of benzene rings is 1. The predicted molar refractivity (Wildman–Crippen MR) is 113 cm³/mol. The van der Waals surface area contributed by atoms with Gasteiger partial charge in [0.15, 0.2) is 16.6 Å². The molecule has 1 fully saturated rings. The van der Waals surface area contributed by atoms with Gasteiger partial charge in [-0.15, -0.1) is 11.3 Å². The summed E-state index contributed by atoms with van der Waals surface area (Å²) >= 11 is 1.46. The Morgan fingerprint density at radius 2 is 2.00 bits per heavy atom. The second-order valence-electron chi connectivity index (χ2n) is 6.88. The van der Waals surface area contributed by atoms with Crippen molar-refractivity contribution in [3.05, 3.63) is 34.8 Å². The number of carbonyl (C=O) groups is 1. The van der Waals surface area contributed by atoms with Crippen LogP contribution in [0.15, 0.2) is 23.6 Å². The molecule has 0 radical (unpaired) electrons. The molecule has 0 spiro atoms. The van der Waals surface area contributed by atoms with E-state index in [1.54, 1.807) is 18.2 Å². The first-order valence-corrected chi connectivity index (χ1v) is 10.9. The Balaban J connectivity index is 1.63. The third-order valence-corrected chi connectivity index (χ3v) is 5.38. The lowest BCUT2D eigenvalue weighted by molar-refractivity contribution is 0.102.